The van der Waals surface area contributed by atoms with Gasteiger partial charge < -0.3 is 10.2 Å². The van der Waals surface area contributed by atoms with Crippen molar-refractivity contribution < 1.29 is 19.2 Å². The Bertz CT molecular complexity index is 488. The van der Waals surface area contributed by atoms with Crippen LogP contribution >= 0.6 is 0 Å². The van der Waals surface area contributed by atoms with E-state index in [0.717, 1.165) is 16.3 Å². The Labute approximate surface area is 130 Å². The van der Waals surface area contributed by atoms with Crippen LogP contribution in [0.5, 0.6) is 0 Å². The van der Waals surface area contributed by atoms with Crippen molar-refractivity contribution in [2.24, 2.45) is 0 Å². The molecule has 0 amide bonds. The van der Waals surface area contributed by atoms with Gasteiger partial charge in [0.05, 0.1) is 18.9 Å². The second kappa shape index (κ2) is 9.65. The summed E-state index contributed by atoms with van der Waals surface area (Å²) in [6, 6.07) is 9.51. The van der Waals surface area contributed by atoms with Crippen molar-refractivity contribution in [3.05, 3.63) is 40.9 Å². The molecule has 1 rings (SSSR count). The summed E-state index contributed by atoms with van der Waals surface area (Å²) >= 11 is 0. The van der Waals surface area contributed by atoms with Crippen molar-refractivity contribution in [1.82, 2.24) is 0 Å². The molecule has 0 saturated carbocycles. The summed E-state index contributed by atoms with van der Waals surface area (Å²) in [5.74, 6) is -0.833. The van der Waals surface area contributed by atoms with Crippen LogP contribution in [-0.4, -0.2) is 35.1 Å². The summed E-state index contributed by atoms with van der Waals surface area (Å²) in [4.78, 5) is 9.85. The van der Waals surface area contributed by atoms with E-state index >= 15 is 0 Å². The third-order valence-electron chi connectivity index (χ3n) is 2.36. The molecule has 2 N–H and O–H groups in total. The van der Waals surface area contributed by atoms with E-state index in [1.165, 1.54) is 0 Å². The molecule has 0 saturated heterocycles. The number of hydrogen-bond donors (Lipinski definition) is 2. The summed E-state index contributed by atoms with van der Waals surface area (Å²) in [7, 11) is -2.70. The minimum Gasteiger partial charge on any atom is -0.481 e. The molecule has 0 bridgehead atoms. The van der Waals surface area contributed by atoms with Crippen LogP contribution in [0.25, 0.3) is 0 Å². The number of hydrogen-bond acceptors (Lipinski definition) is 3. The van der Waals surface area contributed by atoms with E-state index in [0.29, 0.717) is 6.42 Å². The van der Waals surface area contributed by atoms with Gasteiger partial charge in [-0.25, -0.2) is 4.21 Å². The van der Waals surface area contributed by atoms with Gasteiger partial charge in [0.15, 0.2) is 0 Å². The minimum absolute atomic E-state index is 0.111. The van der Waals surface area contributed by atoms with Crippen LogP contribution in [0.3, 0.4) is 0 Å². The van der Waals surface area contributed by atoms with Gasteiger partial charge in [-0.1, -0.05) is 43.9 Å². The third kappa shape index (κ3) is 8.59. The second-order valence-corrected chi connectivity index (χ2v) is 12.3. The van der Waals surface area contributed by atoms with Crippen molar-refractivity contribution in [1.29, 1.82) is 0 Å². The number of carbonyl (C=O) groups is 1. The highest BCUT2D eigenvalue weighted by molar-refractivity contribution is 7.91. The van der Waals surface area contributed by atoms with Crippen LogP contribution in [0.1, 0.15) is 13.3 Å². The fourth-order valence-electron chi connectivity index (χ4n) is 1.53. The Morgan fingerprint density at radius 3 is 2.10 bits per heavy atom. The van der Waals surface area contributed by atoms with Crippen LogP contribution in [0.4, 0.5) is 0 Å². The van der Waals surface area contributed by atoms with Gasteiger partial charge in [-0.05, 0) is 18.6 Å². The van der Waals surface area contributed by atoms with Crippen LogP contribution in [-0.2, 0) is 15.6 Å². The maximum Gasteiger partial charge on any atom is 0.300 e. The predicted octanol–water partition coefficient (Wildman–Crippen LogP) is 3.03. The molecular weight excluding hydrogens is 304 g/mol. The Balaban J connectivity index is 0.000000885. The van der Waals surface area contributed by atoms with E-state index in [9.17, 15) is 4.21 Å². The van der Waals surface area contributed by atoms with Crippen LogP contribution < -0.4 is 0 Å². The molecule has 1 unspecified atom stereocenters. The molecule has 0 spiro atoms. The number of rotatable bonds is 5. The summed E-state index contributed by atoms with van der Waals surface area (Å²) < 4.78 is 13.5. The van der Waals surface area contributed by atoms with E-state index < -0.39 is 24.8 Å². The van der Waals surface area contributed by atoms with Gasteiger partial charge in [-0.3, -0.25) is 4.79 Å². The van der Waals surface area contributed by atoms with Crippen molar-refractivity contribution in [2.45, 2.75) is 37.9 Å². The highest BCUT2D eigenvalue weighted by Gasteiger charge is 2.25. The van der Waals surface area contributed by atoms with Crippen LogP contribution in [0.2, 0.25) is 19.6 Å². The topological polar surface area (TPSA) is 74.6 Å². The number of carboxylic acid groups (broad SMARTS) is 1. The van der Waals surface area contributed by atoms with E-state index in [1.54, 1.807) is 0 Å². The van der Waals surface area contributed by atoms with Gasteiger partial charge in [0.2, 0.25) is 0 Å². The lowest BCUT2D eigenvalue weighted by Gasteiger charge is -2.20. The summed E-state index contributed by atoms with van der Waals surface area (Å²) in [5, 5.41) is 16.3. The fraction of sp³-hybridized carbons (Fsp3) is 0.400. The lowest BCUT2D eigenvalue weighted by atomic mass is 10.4. The van der Waals surface area contributed by atoms with Crippen molar-refractivity contribution in [3.8, 4) is 0 Å². The lowest BCUT2D eigenvalue weighted by Crippen LogP contribution is -2.27. The first-order valence-electron chi connectivity index (χ1n) is 6.68. The molecule has 1 aromatic carbocycles. The highest BCUT2D eigenvalue weighted by atomic mass is 32.2. The zero-order valence-electron chi connectivity index (χ0n) is 13.0. The van der Waals surface area contributed by atoms with Crippen molar-refractivity contribution >= 4 is 24.8 Å². The van der Waals surface area contributed by atoms with Crippen molar-refractivity contribution in [3.63, 3.8) is 0 Å². The van der Waals surface area contributed by atoms with Gasteiger partial charge in [0, 0.05) is 23.0 Å². The lowest BCUT2D eigenvalue weighted by molar-refractivity contribution is -0.134. The number of benzene rings is 1. The third-order valence-corrected chi connectivity index (χ3v) is 7.70. The molecule has 0 heterocycles. The number of carboxylic acids is 1. The molecule has 21 heavy (non-hydrogen) atoms. The Hall–Kier alpha value is -1.24. The summed E-state index contributed by atoms with van der Waals surface area (Å²) in [6.45, 7) is 7.73. The minimum atomic E-state index is -1.62. The zero-order chi connectivity index (χ0) is 16.5. The first-order valence-corrected chi connectivity index (χ1v) is 11.3. The largest absolute Gasteiger partial charge is 0.481 e. The molecule has 1 atom stereocenters. The van der Waals surface area contributed by atoms with Gasteiger partial charge in [0.25, 0.3) is 5.97 Å². The predicted molar refractivity (Wildman–Crippen MR) is 89.3 cm³/mol. The molecule has 1 aromatic rings. The number of aliphatic hydroxyl groups is 1. The van der Waals surface area contributed by atoms with E-state index in [-0.39, 0.29) is 6.61 Å². The van der Waals surface area contributed by atoms with Gasteiger partial charge in [-0.2, -0.15) is 0 Å². The standard InChI is InChI=1S/C13H20O2SSi.C2H4O2/c1-17(2,3)13(10-7-11-14)16(15)12-8-5-4-6-9-12;1-2(3)4/h4-6,8-10,14H,7,11H2,1-3H3;1H3,(H,3,4)/b13-10+;. The summed E-state index contributed by atoms with van der Waals surface area (Å²) in [6.07, 6.45) is 2.54. The second-order valence-electron chi connectivity index (χ2n) is 5.43. The van der Waals surface area contributed by atoms with E-state index in [4.69, 9.17) is 15.0 Å². The van der Waals surface area contributed by atoms with Gasteiger partial charge >= 0.3 is 0 Å². The smallest absolute Gasteiger partial charge is 0.300 e. The van der Waals surface area contributed by atoms with E-state index in [2.05, 4.69) is 19.6 Å². The van der Waals surface area contributed by atoms with E-state index in [1.807, 2.05) is 36.4 Å². The molecule has 0 aromatic heterocycles. The Morgan fingerprint density at radius 2 is 1.71 bits per heavy atom. The zero-order valence-corrected chi connectivity index (χ0v) is 14.8. The normalized spacial score (nSPS) is 13.1. The maximum atomic E-state index is 12.5. The average molecular weight is 329 g/mol. The van der Waals surface area contributed by atoms with Gasteiger partial charge in [-0.15, -0.1) is 0 Å². The number of aliphatic carboxylic acids is 1. The molecule has 0 fully saturated rings. The highest BCUT2D eigenvalue weighted by Crippen LogP contribution is 2.24. The molecule has 0 aliphatic heterocycles. The Kier molecular flexibility index (Phi) is 9.08. The molecule has 118 valence electrons. The van der Waals surface area contributed by atoms with Crippen molar-refractivity contribution in [2.75, 3.05) is 6.61 Å². The molecular formula is C15H24O4SSi. The van der Waals surface area contributed by atoms with Crippen LogP contribution in [0.15, 0.2) is 45.8 Å². The molecule has 0 radical (unpaired) electrons. The summed E-state index contributed by atoms with van der Waals surface area (Å²) in [5.41, 5.74) is 0. The quantitative estimate of drug-likeness (QED) is 0.815. The molecule has 0 aliphatic carbocycles. The van der Waals surface area contributed by atoms with Gasteiger partial charge in [0.1, 0.15) is 0 Å². The number of aliphatic hydroxyl groups excluding tert-OH is 1. The fourth-order valence-corrected chi connectivity index (χ4v) is 5.79. The monoisotopic (exact) mass is 328 g/mol. The Morgan fingerprint density at radius 1 is 1.24 bits per heavy atom. The molecule has 6 heteroatoms. The maximum absolute atomic E-state index is 12.5. The molecule has 0 aliphatic rings. The van der Waals surface area contributed by atoms with Crippen LogP contribution in [0, 0.1) is 0 Å². The molecule has 4 nitrogen and oxygen atoms in total. The SMILES string of the molecule is CC(=O)O.C[Si](C)(C)/C(=C/CCO)S(=O)c1ccccc1. The average Bonchev–Trinajstić information content (AvgIpc) is 2.38. The first kappa shape index (κ1) is 19.8. The first-order chi connectivity index (χ1) is 9.70.